The van der Waals surface area contributed by atoms with Gasteiger partial charge in [-0.2, -0.15) is 0 Å². The van der Waals surface area contributed by atoms with Crippen LogP contribution in [0.1, 0.15) is 17.9 Å². The highest BCUT2D eigenvalue weighted by Gasteiger charge is 2.21. The van der Waals surface area contributed by atoms with Crippen LogP contribution in [0, 0.1) is 0 Å². The molecule has 0 spiro atoms. The lowest BCUT2D eigenvalue weighted by Gasteiger charge is -2.29. The third kappa shape index (κ3) is 5.91. The van der Waals surface area contributed by atoms with Gasteiger partial charge in [-0.3, -0.25) is 0 Å². The van der Waals surface area contributed by atoms with Crippen molar-refractivity contribution >= 4 is 77.2 Å². The van der Waals surface area contributed by atoms with Crippen LogP contribution in [0.2, 0.25) is 0 Å². The molecule has 0 N–H and O–H groups in total. The fraction of sp³-hybridized carbons (Fsp3) is 0.0333. The summed E-state index contributed by atoms with van der Waals surface area (Å²) in [6, 6.07) is 70.8. The normalized spacial score (nSPS) is 14.1. The molecule has 1 aliphatic carbocycles. The Kier molecular flexibility index (Phi) is 8.31. The Morgan fingerprint density at radius 1 is 0.359 bits per heavy atom. The van der Waals surface area contributed by atoms with Gasteiger partial charge in [0.15, 0.2) is 0 Å². The first-order valence-electron chi connectivity index (χ1n) is 21.9. The maximum Gasteiger partial charge on any atom is 0.143 e. The number of hydrogen-bond acceptors (Lipinski definition) is 4. The molecule has 1 unspecified atom stereocenters. The smallest absolute Gasteiger partial charge is 0.143 e. The average molecular weight is 822 g/mol. The van der Waals surface area contributed by atoms with Crippen LogP contribution in [-0.4, -0.2) is 0 Å². The fourth-order valence-corrected chi connectivity index (χ4v) is 9.88. The monoisotopic (exact) mass is 821 g/mol. The molecule has 1 atom stereocenters. The predicted molar refractivity (Wildman–Crippen MR) is 264 cm³/mol. The molecule has 4 heteroatoms. The number of benzene rings is 9. The van der Waals surface area contributed by atoms with Gasteiger partial charge in [0.1, 0.15) is 33.5 Å². The number of rotatable bonds is 7. The minimum Gasteiger partial charge on any atom is -0.455 e. The first kappa shape index (κ1) is 36.3. The van der Waals surface area contributed by atoms with E-state index in [-0.39, 0.29) is 5.92 Å². The molecule has 0 saturated carbocycles. The largest absolute Gasteiger partial charge is 0.455 e. The van der Waals surface area contributed by atoms with Crippen LogP contribution in [0.3, 0.4) is 0 Å². The molecule has 64 heavy (non-hydrogen) atoms. The highest BCUT2D eigenvalue weighted by molar-refractivity contribution is 6.11. The lowest BCUT2D eigenvalue weighted by Crippen LogP contribution is -2.17. The molecule has 0 aliphatic heterocycles. The van der Waals surface area contributed by atoms with E-state index in [0.29, 0.717) is 0 Å². The molecule has 0 bridgehead atoms. The third-order valence-corrected chi connectivity index (χ3v) is 13.1. The molecule has 3 heterocycles. The van der Waals surface area contributed by atoms with Crippen molar-refractivity contribution in [1.29, 1.82) is 0 Å². The molecule has 0 amide bonds. The van der Waals surface area contributed by atoms with Crippen LogP contribution in [0.25, 0.3) is 99.2 Å². The standard InChI is InChI=1S/C60H39NO3/c1-4-19-55-49(10-1)52-16-7-13-46(58(52)62-55)40-24-22-38(23-25-40)39-26-32-43(33-27-39)61(44-34-28-41(29-35-44)47-14-8-17-53-50-11-2-5-20-56(50)63-59(47)53)45-36-30-42(31-37-45)48-15-9-18-54-51-12-3-6-21-57(51)64-60(48)54/h1-26,28-37,39H,27H2. The highest BCUT2D eigenvalue weighted by atomic mass is 16.3. The fourth-order valence-electron chi connectivity index (χ4n) is 9.88. The van der Waals surface area contributed by atoms with Gasteiger partial charge in [0.05, 0.1) is 0 Å². The highest BCUT2D eigenvalue weighted by Crippen LogP contribution is 2.42. The van der Waals surface area contributed by atoms with Gasteiger partial charge in [-0.05, 0) is 77.2 Å². The molecule has 3 aromatic heterocycles. The number of para-hydroxylation sites is 6. The Bertz CT molecular complexity index is 3650. The van der Waals surface area contributed by atoms with E-state index < -0.39 is 0 Å². The molecule has 0 radical (unpaired) electrons. The van der Waals surface area contributed by atoms with Crippen molar-refractivity contribution in [3.63, 3.8) is 0 Å². The summed E-state index contributed by atoms with van der Waals surface area (Å²) in [7, 11) is 0. The van der Waals surface area contributed by atoms with E-state index >= 15 is 0 Å². The van der Waals surface area contributed by atoms with Gasteiger partial charge >= 0.3 is 0 Å². The summed E-state index contributed by atoms with van der Waals surface area (Å²) in [5, 5.41) is 6.81. The van der Waals surface area contributed by atoms with Crippen LogP contribution in [0.5, 0.6) is 0 Å². The van der Waals surface area contributed by atoms with Gasteiger partial charge in [-0.15, -0.1) is 0 Å². The summed E-state index contributed by atoms with van der Waals surface area (Å²) < 4.78 is 19.2. The van der Waals surface area contributed by atoms with Crippen LogP contribution < -0.4 is 4.90 Å². The molecular weight excluding hydrogens is 783 g/mol. The minimum absolute atomic E-state index is 0.250. The van der Waals surface area contributed by atoms with Crippen molar-refractivity contribution in [1.82, 2.24) is 0 Å². The maximum atomic E-state index is 6.44. The van der Waals surface area contributed by atoms with Gasteiger partial charge < -0.3 is 18.2 Å². The second kappa shape index (κ2) is 14.6. The third-order valence-electron chi connectivity index (χ3n) is 13.1. The molecule has 0 fully saturated rings. The van der Waals surface area contributed by atoms with Crippen molar-refractivity contribution in [2.45, 2.75) is 12.3 Å². The van der Waals surface area contributed by atoms with Gasteiger partial charge in [0.2, 0.25) is 0 Å². The summed E-state index contributed by atoms with van der Waals surface area (Å²) >= 11 is 0. The number of fused-ring (bicyclic) bond motifs is 9. The Hall–Kier alpha value is -8.34. The van der Waals surface area contributed by atoms with Crippen molar-refractivity contribution in [3.8, 4) is 33.4 Å². The zero-order valence-electron chi connectivity index (χ0n) is 34.7. The van der Waals surface area contributed by atoms with Crippen molar-refractivity contribution in [3.05, 3.63) is 230 Å². The number of nitrogens with zero attached hydrogens (tertiary/aromatic N) is 1. The van der Waals surface area contributed by atoms with Gasteiger partial charge in [-0.25, -0.2) is 0 Å². The molecule has 9 aromatic carbocycles. The van der Waals surface area contributed by atoms with Gasteiger partial charge in [0, 0.05) is 72.0 Å². The Morgan fingerprint density at radius 2 is 0.734 bits per heavy atom. The number of allylic oxidation sites excluding steroid dienone is 3. The molecule has 1 aliphatic rings. The lowest BCUT2D eigenvalue weighted by atomic mass is 9.90. The number of hydrogen-bond donors (Lipinski definition) is 0. The van der Waals surface area contributed by atoms with Crippen molar-refractivity contribution in [2.24, 2.45) is 0 Å². The summed E-state index contributed by atoms with van der Waals surface area (Å²) in [4.78, 5) is 2.36. The van der Waals surface area contributed by atoms with E-state index in [1.54, 1.807) is 0 Å². The predicted octanol–water partition coefficient (Wildman–Crippen LogP) is 17.2. The zero-order chi connectivity index (χ0) is 42.1. The van der Waals surface area contributed by atoms with Crippen LogP contribution in [-0.2, 0) is 0 Å². The molecule has 302 valence electrons. The van der Waals surface area contributed by atoms with Crippen LogP contribution in [0.15, 0.2) is 237 Å². The van der Waals surface area contributed by atoms with E-state index in [9.17, 15) is 0 Å². The molecule has 4 nitrogen and oxygen atoms in total. The molecule has 12 aromatic rings. The zero-order valence-corrected chi connectivity index (χ0v) is 34.7. The van der Waals surface area contributed by atoms with Gasteiger partial charge in [-0.1, -0.05) is 170 Å². The SMILES string of the molecule is C1=CC(c2ccc(-c3cccc4c3oc3ccccc34)cc2)CC=C1N(c1ccc(-c2cccc3c2oc2ccccc23)cc1)c1ccc(-c2cccc3c2oc2ccccc23)cc1. The topological polar surface area (TPSA) is 42.7 Å². The van der Waals surface area contributed by atoms with Crippen LogP contribution >= 0.6 is 0 Å². The van der Waals surface area contributed by atoms with Gasteiger partial charge in [0.25, 0.3) is 0 Å². The Balaban J connectivity index is 0.839. The molecule has 0 saturated heterocycles. The van der Waals surface area contributed by atoms with E-state index in [2.05, 4.69) is 187 Å². The molecular formula is C60H39NO3. The summed E-state index contributed by atoms with van der Waals surface area (Å²) in [6.45, 7) is 0. The lowest BCUT2D eigenvalue weighted by molar-refractivity contribution is 0.669. The second-order valence-electron chi connectivity index (χ2n) is 16.7. The number of furan rings is 3. The van der Waals surface area contributed by atoms with E-state index in [1.165, 1.54) is 5.56 Å². The summed E-state index contributed by atoms with van der Waals surface area (Å²) in [6.07, 6.45) is 7.88. The summed E-state index contributed by atoms with van der Waals surface area (Å²) in [5.41, 5.74) is 16.7. The van der Waals surface area contributed by atoms with E-state index in [1.807, 2.05) is 36.4 Å². The Morgan fingerprint density at radius 3 is 1.12 bits per heavy atom. The van der Waals surface area contributed by atoms with E-state index in [4.69, 9.17) is 13.3 Å². The first-order chi connectivity index (χ1) is 31.7. The quantitative estimate of drug-likeness (QED) is 0.161. The Labute approximate surface area is 369 Å². The first-order valence-corrected chi connectivity index (χ1v) is 21.9. The maximum absolute atomic E-state index is 6.44. The number of anilines is 2. The minimum atomic E-state index is 0.250. The van der Waals surface area contributed by atoms with E-state index in [0.717, 1.165) is 123 Å². The average Bonchev–Trinajstić information content (AvgIpc) is 4.07. The van der Waals surface area contributed by atoms with Crippen LogP contribution in [0.4, 0.5) is 11.4 Å². The summed E-state index contributed by atoms with van der Waals surface area (Å²) in [5.74, 6) is 0.250. The van der Waals surface area contributed by atoms with Crippen molar-refractivity contribution in [2.75, 3.05) is 4.90 Å². The molecule has 13 rings (SSSR count). The second-order valence-corrected chi connectivity index (χ2v) is 16.7. The van der Waals surface area contributed by atoms with Crippen molar-refractivity contribution < 1.29 is 13.3 Å².